The van der Waals surface area contributed by atoms with Gasteiger partial charge in [0.25, 0.3) is 5.91 Å². The summed E-state index contributed by atoms with van der Waals surface area (Å²) in [6.45, 7) is 4.35. The summed E-state index contributed by atoms with van der Waals surface area (Å²) in [6.07, 6.45) is 3.82. The second kappa shape index (κ2) is 9.41. The third-order valence-electron chi connectivity index (χ3n) is 6.05. The topological polar surface area (TPSA) is 85.5 Å². The highest BCUT2D eigenvalue weighted by atomic mass is 32.2. The molecular weight excluding hydrogens is 431 g/mol. The van der Waals surface area contributed by atoms with Crippen LogP contribution in [0, 0.1) is 0 Å². The van der Waals surface area contributed by atoms with Crippen LogP contribution in [0.4, 0.5) is 21.5 Å². The summed E-state index contributed by atoms with van der Waals surface area (Å²) in [5.41, 5.74) is 4.28. The molecule has 2 saturated heterocycles. The number of anilines is 3. The van der Waals surface area contributed by atoms with E-state index in [9.17, 15) is 9.18 Å². The van der Waals surface area contributed by atoms with Crippen molar-refractivity contribution < 1.29 is 13.9 Å². The Morgan fingerprint density at radius 2 is 2.00 bits per heavy atom. The number of ether oxygens (including phenoxy) is 1. The van der Waals surface area contributed by atoms with Crippen molar-refractivity contribution in [1.29, 1.82) is 0 Å². The largest absolute Gasteiger partial charge is 0.378 e. The van der Waals surface area contributed by atoms with Gasteiger partial charge in [0.05, 0.1) is 30.8 Å². The monoisotopic (exact) mass is 458 g/mol. The summed E-state index contributed by atoms with van der Waals surface area (Å²) < 4.78 is 19.2. The van der Waals surface area contributed by atoms with Crippen LogP contribution in [0.15, 0.2) is 41.7 Å². The molecule has 8 nitrogen and oxygen atoms in total. The Kier molecular flexibility index (Phi) is 6.22. The van der Waals surface area contributed by atoms with Gasteiger partial charge in [-0.05, 0) is 31.0 Å². The van der Waals surface area contributed by atoms with Crippen molar-refractivity contribution in [3.63, 3.8) is 0 Å². The van der Waals surface area contributed by atoms with Gasteiger partial charge in [-0.15, -0.1) is 11.8 Å². The molecule has 1 unspecified atom stereocenters. The molecule has 5 rings (SSSR count). The van der Waals surface area contributed by atoms with Gasteiger partial charge in [0.15, 0.2) is 0 Å². The molecular formula is C22H27FN6O2S. The number of amides is 1. The molecule has 1 atom stereocenters. The van der Waals surface area contributed by atoms with E-state index in [1.807, 2.05) is 23.7 Å². The predicted molar refractivity (Wildman–Crippen MR) is 125 cm³/mol. The Morgan fingerprint density at radius 1 is 1.19 bits per heavy atom. The molecule has 4 heterocycles. The van der Waals surface area contributed by atoms with E-state index >= 15 is 0 Å². The molecule has 3 aliphatic heterocycles. The fraction of sp³-hybridized carbons (Fsp3) is 0.455. The fourth-order valence-corrected chi connectivity index (χ4v) is 5.14. The highest BCUT2D eigenvalue weighted by molar-refractivity contribution is 8.02. The predicted octanol–water partition coefficient (Wildman–Crippen LogP) is 3.00. The lowest BCUT2D eigenvalue weighted by Crippen LogP contribution is -2.37. The van der Waals surface area contributed by atoms with Crippen LogP contribution in [0.2, 0.25) is 0 Å². The zero-order valence-corrected chi connectivity index (χ0v) is 18.5. The third kappa shape index (κ3) is 4.56. The van der Waals surface area contributed by atoms with Gasteiger partial charge in [0.2, 0.25) is 0 Å². The van der Waals surface area contributed by atoms with Gasteiger partial charge < -0.3 is 25.2 Å². The summed E-state index contributed by atoms with van der Waals surface area (Å²) in [5, 5.41) is 14.9. The Balaban J connectivity index is 1.34. The van der Waals surface area contributed by atoms with E-state index in [1.165, 1.54) is 11.8 Å². The summed E-state index contributed by atoms with van der Waals surface area (Å²) in [4.78, 5) is 17.5. The van der Waals surface area contributed by atoms with Crippen molar-refractivity contribution in [3.05, 3.63) is 47.3 Å². The molecule has 1 amide bonds. The maximum absolute atomic E-state index is 13.8. The van der Waals surface area contributed by atoms with Gasteiger partial charge in [-0.3, -0.25) is 9.89 Å². The fourth-order valence-electron chi connectivity index (χ4n) is 4.21. The summed E-state index contributed by atoms with van der Waals surface area (Å²) in [5.74, 6) is -0.191. The van der Waals surface area contributed by atoms with Gasteiger partial charge in [-0.2, -0.15) is 5.10 Å². The van der Waals surface area contributed by atoms with E-state index in [0.29, 0.717) is 44.8 Å². The number of rotatable bonds is 5. The maximum Gasteiger partial charge on any atom is 0.272 e. The number of hydrogen-bond donors (Lipinski definition) is 3. The molecule has 2 fully saturated rings. The van der Waals surface area contributed by atoms with Crippen molar-refractivity contribution in [1.82, 2.24) is 15.5 Å². The molecule has 32 heavy (non-hydrogen) atoms. The number of hydrogen-bond acceptors (Lipinski definition) is 7. The van der Waals surface area contributed by atoms with E-state index < -0.39 is 6.17 Å². The van der Waals surface area contributed by atoms with Gasteiger partial charge in [-0.25, -0.2) is 4.39 Å². The molecule has 10 heteroatoms. The zero-order chi connectivity index (χ0) is 21.9. The number of aromatic nitrogens is 2. The number of alkyl halides is 1. The van der Waals surface area contributed by atoms with Gasteiger partial charge >= 0.3 is 0 Å². The molecule has 1 aromatic heterocycles. The maximum atomic E-state index is 13.8. The third-order valence-corrected chi connectivity index (χ3v) is 7.08. The highest BCUT2D eigenvalue weighted by Crippen LogP contribution is 2.36. The van der Waals surface area contributed by atoms with E-state index in [1.54, 1.807) is 6.20 Å². The first kappa shape index (κ1) is 21.1. The molecule has 1 aromatic carbocycles. The molecule has 2 aromatic rings. The van der Waals surface area contributed by atoms with Crippen molar-refractivity contribution in [2.75, 3.05) is 54.5 Å². The number of nitrogens with zero attached hydrogens (tertiary/aromatic N) is 3. The van der Waals surface area contributed by atoms with Gasteiger partial charge in [0, 0.05) is 49.0 Å². The van der Waals surface area contributed by atoms with Crippen molar-refractivity contribution >= 4 is 34.7 Å². The zero-order valence-electron chi connectivity index (χ0n) is 17.7. The quantitative estimate of drug-likeness (QED) is 0.635. The minimum atomic E-state index is -0.753. The number of thioether (sulfide) groups is 1. The Morgan fingerprint density at radius 3 is 2.75 bits per heavy atom. The van der Waals surface area contributed by atoms with Crippen LogP contribution < -0.4 is 20.4 Å². The van der Waals surface area contributed by atoms with E-state index in [2.05, 4.69) is 36.7 Å². The first-order chi connectivity index (χ1) is 15.7. The summed E-state index contributed by atoms with van der Waals surface area (Å²) in [6, 6.07) is 6.10. The number of carbonyl (C=O) groups excluding carboxylic acids is 1. The average Bonchev–Trinajstić information content (AvgIpc) is 3.53. The minimum Gasteiger partial charge on any atom is -0.378 e. The average molecular weight is 459 g/mol. The Labute approximate surface area is 190 Å². The lowest BCUT2D eigenvalue weighted by Gasteiger charge is -2.34. The highest BCUT2D eigenvalue weighted by Gasteiger charge is 2.26. The number of nitrogens with one attached hydrogen (secondary N) is 3. The van der Waals surface area contributed by atoms with Crippen LogP contribution in [0.3, 0.4) is 0 Å². The molecule has 170 valence electrons. The van der Waals surface area contributed by atoms with Crippen LogP contribution in [-0.2, 0) is 9.53 Å². The van der Waals surface area contributed by atoms with Crippen molar-refractivity contribution in [2.24, 2.45) is 0 Å². The van der Waals surface area contributed by atoms with Crippen molar-refractivity contribution in [3.8, 4) is 0 Å². The molecule has 3 N–H and O–H groups in total. The van der Waals surface area contributed by atoms with Crippen LogP contribution >= 0.6 is 11.8 Å². The summed E-state index contributed by atoms with van der Waals surface area (Å²) in [7, 11) is 0. The molecule has 0 spiro atoms. The van der Waals surface area contributed by atoms with Gasteiger partial charge in [0.1, 0.15) is 17.2 Å². The number of H-pyrrole nitrogens is 1. The van der Waals surface area contributed by atoms with E-state index in [4.69, 9.17) is 4.74 Å². The van der Waals surface area contributed by atoms with E-state index in [0.717, 1.165) is 35.7 Å². The standard InChI is InChI=1S/C22H27FN6O2S/c23-16-3-5-29(6-4-16)20-11-17(28-7-9-31-10-8-28)1-2-18(20)26-21(30)19-14-32-22(27-19)15-12-24-25-13-15/h1-2,11-14,16,22,27H,3-10H2,(H,24,25)(H,26,30). The number of benzene rings is 1. The van der Waals surface area contributed by atoms with Crippen LogP contribution in [0.5, 0.6) is 0 Å². The first-order valence-corrected chi connectivity index (χ1v) is 11.9. The molecule has 3 aliphatic rings. The van der Waals surface area contributed by atoms with Gasteiger partial charge in [-0.1, -0.05) is 0 Å². The van der Waals surface area contributed by atoms with Crippen LogP contribution in [-0.4, -0.2) is 61.7 Å². The molecule has 0 radical (unpaired) electrons. The Bertz CT molecular complexity index is 971. The lowest BCUT2D eigenvalue weighted by atomic mass is 10.1. The van der Waals surface area contributed by atoms with Crippen LogP contribution in [0.25, 0.3) is 0 Å². The second-order valence-corrected chi connectivity index (χ2v) is 9.12. The number of piperidine rings is 1. The number of carbonyl (C=O) groups is 1. The van der Waals surface area contributed by atoms with E-state index in [-0.39, 0.29) is 11.3 Å². The van der Waals surface area contributed by atoms with Crippen LogP contribution in [0.1, 0.15) is 23.8 Å². The molecule has 0 bridgehead atoms. The minimum absolute atomic E-state index is 0.0405. The Hall–Kier alpha value is -2.72. The normalized spacial score (nSPS) is 21.9. The second-order valence-electron chi connectivity index (χ2n) is 8.14. The SMILES string of the molecule is O=C(Nc1ccc(N2CCOCC2)cc1N1CCC(F)CC1)C1=CSC(c2cn[nH]c2)N1. The lowest BCUT2D eigenvalue weighted by molar-refractivity contribution is -0.113. The molecule has 0 aliphatic carbocycles. The van der Waals surface area contributed by atoms with Crippen molar-refractivity contribution in [2.45, 2.75) is 24.4 Å². The number of halogens is 1. The summed E-state index contributed by atoms with van der Waals surface area (Å²) >= 11 is 1.54. The smallest absolute Gasteiger partial charge is 0.272 e. The number of aromatic amines is 1. The first-order valence-electron chi connectivity index (χ1n) is 11.0. The molecule has 0 saturated carbocycles. The number of morpholine rings is 1.